The van der Waals surface area contributed by atoms with Crippen molar-refractivity contribution in [2.24, 2.45) is 5.73 Å². The summed E-state index contributed by atoms with van der Waals surface area (Å²) in [4.78, 5) is 2.55. The maximum Gasteiger partial charge on any atom is 0.123 e. The standard InChI is InChI=1S/C16H25BrN2O/c1-12-6-4-3-5-9-19(12)15(11-18)14-10-13(17)7-8-16(14)20-2/h7-8,10,12,15H,3-6,9,11,18H2,1-2H3. The molecule has 3 nitrogen and oxygen atoms in total. The summed E-state index contributed by atoms with van der Waals surface area (Å²) in [5, 5.41) is 0. The van der Waals surface area contributed by atoms with Crippen molar-refractivity contribution in [1.29, 1.82) is 0 Å². The van der Waals surface area contributed by atoms with Gasteiger partial charge in [0, 0.05) is 22.6 Å². The highest BCUT2D eigenvalue weighted by atomic mass is 79.9. The van der Waals surface area contributed by atoms with E-state index < -0.39 is 0 Å². The molecule has 4 heteroatoms. The Balaban J connectivity index is 2.33. The third-order valence-corrected chi connectivity index (χ3v) is 4.77. The average molecular weight is 341 g/mol. The van der Waals surface area contributed by atoms with Crippen LogP contribution in [0, 0.1) is 0 Å². The second kappa shape index (κ2) is 7.43. The van der Waals surface area contributed by atoms with E-state index >= 15 is 0 Å². The van der Waals surface area contributed by atoms with E-state index in [1.165, 1.54) is 31.2 Å². The van der Waals surface area contributed by atoms with Crippen LogP contribution < -0.4 is 10.5 Å². The number of ether oxygens (including phenoxy) is 1. The quantitative estimate of drug-likeness (QED) is 0.907. The summed E-state index contributed by atoms with van der Waals surface area (Å²) in [5.41, 5.74) is 7.30. The van der Waals surface area contributed by atoms with Gasteiger partial charge in [-0.1, -0.05) is 28.8 Å². The second-order valence-corrected chi connectivity index (χ2v) is 6.49. The van der Waals surface area contributed by atoms with Crippen molar-refractivity contribution >= 4 is 15.9 Å². The van der Waals surface area contributed by atoms with Gasteiger partial charge in [-0.25, -0.2) is 0 Å². The number of hydrogen-bond acceptors (Lipinski definition) is 3. The molecular formula is C16H25BrN2O. The average Bonchev–Trinajstić information content (AvgIpc) is 2.66. The van der Waals surface area contributed by atoms with Crippen molar-refractivity contribution in [2.45, 2.75) is 44.7 Å². The normalized spacial score (nSPS) is 22.3. The van der Waals surface area contributed by atoms with Crippen LogP contribution in [0.4, 0.5) is 0 Å². The van der Waals surface area contributed by atoms with Crippen molar-refractivity contribution in [2.75, 3.05) is 20.2 Å². The zero-order chi connectivity index (χ0) is 14.5. The molecule has 0 spiro atoms. The number of hydrogen-bond donors (Lipinski definition) is 1. The molecule has 1 aromatic carbocycles. The first-order valence-corrected chi connectivity index (χ1v) is 8.26. The number of rotatable bonds is 4. The van der Waals surface area contributed by atoms with E-state index in [4.69, 9.17) is 10.5 Å². The molecule has 0 bridgehead atoms. The summed E-state index contributed by atoms with van der Waals surface area (Å²) in [6.45, 7) is 4.06. The van der Waals surface area contributed by atoms with E-state index in [2.05, 4.69) is 33.8 Å². The summed E-state index contributed by atoms with van der Waals surface area (Å²) in [6.07, 6.45) is 5.17. The van der Waals surface area contributed by atoms with E-state index in [0.29, 0.717) is 12.6 Å². The Morgan fingerprint density at radius 3 is 2.90 bits per heavy atom. The van der Waals surface area contributed by atoms with Crippen LogP contribution in [-0.4, -0.2) is 31.1 Å². The van der Waals surface area contributed by atoms with Crippen molar-refractivity contribution < 1.29 is 4.74 Å². The van der Waals surface area contributed by atoms with Gasteiger partial charge in [0.05, 0.1) is 13.2 Å². The van der Waals surface area contributed by atoms with Crippen LogP contribution in [0.3, 0.4) is 0 Å². The summed E-state index contributed by atoms with van der Waals surface area (Å²) < 4.78 is 6.62. The first kappa shape index (κ1) is 15.8. The van der Waals surface area contributed by atoms with Crippen molar-refractivity contribution in [1.82, 2.24) is 4.90 Å². The summed E-state index contributed by atoms with van der Waals surface area (Å²) >= 11 is 3.56. The van der Waals surface area contributed by atoms with E-state index in [9.17, 15) is 0 Å². The molecule has 2 unspecified atom stereocenters. The minimum atomic E-state index is 0.232. The largest absolute Gasteiger partial charge is 0.496 e. The first-order valence-electron chi connectivity index (χ1n) is 7.46. The smallest absolute Gasteiger partial charge is 0.123 e. The molecule has 2 rings (SSSR count). The topological polar surface area (TPSA) is 38.5 Å². The Morgan fingerprint density at radius 1 is 1.40 bits per heavy atom. The number of halogens is 1. The first-order chi connectivity index (χ1) is 9.67. The van der Waals surface area contributed by atoms with Crippen LogP contribution in [0.1, 0.15) is 44.2 Å². The minimum Gasteiger partial charge on any atom is -0.496 e. The molecule has 0 aliphatic carbocycles. The highest BCUT2D eigenvalue weighted by Crippen LogP contribution is 2.34. The molecule has 1 aromatic rings. The lowest BCUT2D eigenvalue weighted by molar-refractivity contribution is 0.148. The highest BCUT2D eigenvalue weighted by Gasteiger charge is 2.27. The molecule has 0 aromatic heterocycles. The van der Waals surface area contributed by atoms with E-state index in [1.54, 1.807) is 7.11 Å². The molecule has 1 fully saturated rings. The summed E-state index contributed by atoms with van der Waals surface area (Å²) in [6, 6.07) is 6.99. The third kappa shape index (κ3) is 3.54. The van der Waals surface area contributed by atoms with Gasteiger partial charge in [0.25, 0.3) is 0 Å². The third-order valence-electron chi connectivity index (χ3n) is 4.28. The lowest BCUT2D eigenvalue weighted by Crippen LogP contribution is -2.40. The maximum atomic E-state index is 6.11. The number of methoxy groups -OCH3 is 1. The van der Waals surface area contributed by atoms with Gasteiger partial charge in [-0.2, -0.15) is 0 Å². The zero-order valence-corrected chi connectivity index (χ0v) is 14.0. The maximum absolute atomic E-state index is 6.11. The van der Waals surface area contributed by atoms with Crippen LogP contribution in [0.2, 0.25) is 0 Å². The van der Waals surface area contributed by atoms with Crippen molar-refractivity contribution in [3.63, 3.8) is 0 Å². The number of benzene rings is 1. The van der Waals surface area contributed by atoms with Gasteiger partial charge in [-0.15, -0.1) is 0 Å². The molecule has 0 radical (unpaired) electrons. The SMILES string of the molecule is COc1ccc(Br)cc1C(CN)N1CCCCCC1C. The van der Waals surface area contributed by atoms with E-state index in [0.717, 1.165) is 16.8 Å². The van der Waals surface area contributed by atoms with Gasteiger partial charge < -0.3 is 10.5 Å². The lowest BCUT2D eigenvalue weighted by atomic mass is 10.0. The molecule has 1 aliphatic rings. The van der Waals surface area contributed by atoms with Crippen LogP contribution >= 0.6 is 15.9 Å². The van der Waals surface area contributed by atoms with E-state index in [-0.39, 0.29) is 6.04 Å². The fraction of sp³-hybridized carbons (Fsp3) is 0.625. The molecule has 2 atom stereocenters. The summed E-state index contributed by atoms with van der Waals surface area (Å²) in [5.74, 6) is 0.931. The van der Waals surface area contributed by atoms with Crippen molar-refractivity contribution in [3.05, 3.63) is 28.2 Å². The van der Waals surface area contributed by atoms with Crippen LogP contribution in [0.5, 0.6) is 5.75 Å². The Hall–Kier alpha value is -0.580. The monoisotopic (exact) mass is 340 g/mol. The van der Waals surface area contributed by atoms with Gasteiger partial charge in [-0.05, 0) is 44.5 Å². The van der Waals surface area contributed by atoms with Crippen LogP contribution in [0.15, 0.2) is 22.7 Å². The fourth-order valence-electron chi connectivity index (χ4n) is 3.17. The van der Waals surface area contributed by atoms with Gasteiger partial charge in [0.2, 0.25) is 0 Å². The van der Waals surface area contributed by atoms with Crippen molar-refractivity contribution in [3.8, 4) is 5.75 Å². The molecule has 112 valence electrons. The highest BCUT2D eigenvalue weighted by molar-refractivity contribution is 9.10. The second-order valence-electron chi connectivity index (χ2n) is 5.57. The Labute approximate surface area is 130 Å². The Kier molecular flexibility index (Phi) is 5.87. The predicted molar refractivity (Wildman–Crippen MR) is 87.1 cm³/mol. The molecule has 1 aliphatic heterocycles. The molecule has 0 saturated carbocycles. The number of nitrogens with zero attached hydrogens (tertiary/aromatic N) is 1. The zero-order valence-electron chi connectivity index (χ0n) is 12.4. The Bertz CT molecular complexity index is 438. The van der Waals surface area contributed by atoms with Crippen LogP contribution in [0.25, 0.3) is 0 Å². The minimum absolute atomic E-state index is 0.232. The molecular weight excluding hydrogens is 316 g/mol. The van der Waals surface area contributed by atoms with E-state index in [1.807, 2.05) is 12.1 Å². The molecule has 1 saturated heterocycles. The summed E-state index contributed by atoms with van der Waals surface area (Å²) in [7, 11) is 1.73. The van der Waals surface area contributed by atoms with Gasteiger partial charge in [-0.3, -0.25) is 4.90 Å². The van der Waals surface area contributed by atoms with Crippen LogP contribution in [-0.2, 0) is 0 Å². The predicted octanol–water partition coefficient (Wildman–Crippen LogP) is 3.72. The van der Waals surface area contributed by atoms with Gasteiger partial charge in [0.1, 0.15) is 5.75 Å². The number of likely N-dealkylation sites (tertiary alicyclic amines) is 1. The number of nitrogens with two attached hydrogens (primary N) is 1. The molecule has 2 N–H and O–H groups in total. The van der Waals surface area contributed by atoms with Gasteiger partial charge in [0.15, 0.2) is 0 Å². The lowest BCUT2D eigenvalue weighted by Gasteiger charge is -2.35. The molecule has 1 heterocycles. The fourth-order valence-corrected chi connectivity index (χ4v) is 3.55. The molecule has 20 heavy (non-hydrogen) atoms. The molecule has 0 amide bonds. The Morgan fingerprint density at radius 2 is 2.20 bits per heavy atom. The van der Waals surface area contributed by atoms with Gasteiger partial charge >= 0.3 is 0 Å².